The molecule has 0 aromatic heterocycles. The third-order valence-corrected chi connectivity index (χ3v) is 3.02. The van der Waals surface area contributed by atoms with Crippen LogP contribution >= 0.6 is 0 Å². The molecule has 1 rings (SSSR count). The molecule has 17 heavy (non-hydrogen) atoms. The smallest absolute Gasteiger partial charge is 0.124 e. The number of benzene rings is 1. The van der Waals surface area contributed by atoms with Crippen molar-refractivity contribution < 1.29 is 4.79 Å². The Morgan fingerprint density at radius 1 is 1.18 bits per heavy atom. The molecule has 1 aromatic rings. The SMILES string of the molecule is CC(C)CC(C=O)C(c1ccccc1)N(C)C. The maximum Gasteiger partial charge on any atom is 0.124 e. The largest absolute Gasteiger partial charge is 0.303 e. The Kier molecular flexibility index (Phi) is 5.36. The van der Waals surface area contributed by atoms with Gasteiger partial charge < -0.3 is 9.69 Å². The van der Waals surface area contributed by atoms with Crippen molar-refractivity contribution in [1.82, 2.24) is 4.90 Å². The Morgan fingerprint density at radius 3 is 2.18 bits per heavy atom. The Hall–Kier alpha value is -1.15. The molecule has 0 radical (unpaired) electrons. The van der Waals surface area contributed by atoms with E-state index in [1.165, 1.54) is 5.56 Å². The van der Waals surface area contributed by atoms with Gasteiger partial charge >= 0.3 is 0 Å². The quantitative estimate of drug-likeness (QED) is 0.703. The summed E-state index contributed by atoms with van der Waals surface area (Å²) >= 11 is 0. The molecular formula is C15H23NO. The molecule has 94 valence electrons. The minimum Gasteiger partial charge on any atom is -0.303 e. The molecule has 0 bridgehead atoms. The van der Waals surface area contributed by atoms with Crippen LogP contribution in [-0.4, -0.2) is 25.3 Å². The Labute approximate surface area is 105 Å². The molecule has 0 amide bonds. The molecule has 0 heterocycles. The Balaban J connectivity index is 2.95. The van der Waals surface area contributed by atoms with Crippen LogP contribution in [0.3, 0.4) is 0 Å². The number of hydrogen-bond acceptors (Lipinski definition) is 2. The summed E-state index contributed by atoms with van der Waals surface area (Å²) in [5.41, 5.74) is 1.22. The molecule has 0 fully saturated rings. The lowest BCUT2D eigenvalue weighted by molar-refractivity contribution is -0.113. The van der Waals surface area contributed by atoms with Gasteiger partial charge in [-0.3, -0.25) is 0 Å². The van der Waals surface area contributed by atoms with Crippen LogP contribution in [0.5, 0.6) is 0 Å². The molecular weight excluding hydrogens is 210 g/mol. The first-order valence-corrected chi connectivity index (χ1v) is 6.23. The van der Waals surface area contributed by atoms with Crippen LogP contribution in [0.15, 0.2) is 30.3 Å². The fourth-order valence-corrected chi connectivity index (χ4v) is 2.38. The summed E-state index contributed by atoms with van der Waals surface area (Å²) in [6.45, 7) is 4.32. The second-order valence-corrected chi connectivity index (χ2v) is 5.25. The fourth-order valence-electron chi connectivity index (χ4n) is 2.38. The first kappa shape index (κ1) is 13.9. The fraction of sp³-hybridized carbons (Fsp3) is 0.533. The zero-order chi connectivity index (χ0) is 12.8. The van der Waals surface area contributed by atoms with E-state index in [-0.39, 0.29) is 12.0 Å². The number of aldehydes is 1. The van der Waals surface area contributed by atoms with E-state index in [1.807, 2.05) is 32.3 Å². The maximum absolute atomic E-state index is 11.3. The average Bonchev–Trinajstić information content (AvgIpc) is 2.28. The molecule has 0 saturated carbocycles. The summed E-state index contributed by atoms with van der Waals surface area (Å²) in [6, 6.07) is 10.4. The third kappa shape index (κ3) is 3.97. The van der Waals surface area contributed by atoms with Crippen molar-refractivity contribution in [1.29, 1.82) is 0 Å². The average molecular weight is 233 g/mol. The third-order valence-electron chi connectivity index (χ3n) is 3.02. The van der Waals surface area contributed by atoms with Gasteiger partial charge in [-0.15, -0.1) is 0 Å². The summed E-state index contributed by atoms with van der Waals surface area (Å²) in [5.74, 6) is 0.601. The van der Waals surface area contributed by atoms with Crippen LogP contribution in [0.1, 0.15) is 31.9 Å². The Morgan fingerprint density at radius 2 is 1.76 bits per heavy atom. The van der Waals surface area contributed by atoms with Gasteiger partial charge in [0.25, 0.3) is 0 Å². The molecule has 2 nitrogen and oxygen atoms in total. The lowest BCUT2D eigenvalue weighted by atomic mass is 9.87. The van der Waals surface area contributed by atoms with Crippen LogP contribution < -0.4 is 0 Å². The Bertz CT molecular complexity index is 332. The van der Waals surface area contributed by atoms with Gasteiger partial charge in [-0.25, -0.2) is 0 Å². The summed E-state index contributed by atoms with van der Waals surface area (Å²) in [7, 11) is 4.07. The molecule has 2 unspecified atom stereocenters. The van der Waals surface area contributed by atoms with Crippen molar-refractivity contribution in [2.45, 2.75) is 26.3 Å². The van der Waals surface area contributed by atoms with Crippen molar-refractivity contribution in [3.8, 4) is 0 Å². The van der Waals surface area contributed by atoms with Gasteiger partial charge in [-0.1, -0.05) is 44.2 Å². The number of carbonyl (C=O) groups is 1. The van der Waals surface area contributed by atoms with Crippen LogP contribution in [0.2, 0.25) is 0 Å². The van der Waals surface area contributed by atoms with Crippen molar-refractivity contribution in [2.24, 2.45) is 11.8 Å². The molecule has 0 spiro atoms. The number of hydrogen-bond donors (Lipinski definition) is 0. The standard InChI is InChI=1S/C15H23NO/c1-12(2)10-14(11-17)15(16(3)4)13-8-6-5-7-9-13/h5-9,11-12,14-15H,10H2,1-4H3. The number of carbonyl (C=O) groups excluding carboxylic acids is 1. The van der Waals surface area contributed by atoms with Gasteiger partial charge in [0.05, 0.1) is 0 Å². The molecule has 0 aliphatic carbocycles. The monoisotopic (exact) mass is 233 g/mol. The van der Waals surface area contributed by atoms with Crippen LogP contribution in [0.4, 0.5) is 0 Å². The van der Waals surface area contributed by atoms with Gasteiger partial charge in [0, 0.05) is 12.0 Å². The van der Waals surface area contributed by atoms with E-state index in [4.69, 9.17) is 0 Å². The summed E-state index contributed by atoms with van der Waals surface area (Å²) in [4.78, 5) is 13.5. The maximum atomic E-state index is 11.3. The molecule has 1 aromatic carbocycles. The van der Waals surface area contributed by atoms with Crippen molar-refractivity contribution in [2.75, 3.05) is 14.1 Å². The summed E-state index contributed by atoms with van der Waals surface area (Å²) in [5, 5.41) is 0. The minimum atomic E-state index is 0.0624. The van der Waals surface area contributed by atoms with Gasteiger partial charge in [-0.05, 0) is 32.0 Å². The lowest BCUT2D eigenvalue weighted by Crippen LogP contribution is -2.29. The van der Waals surface area contributed by atoms with E-state index in [0.29, 0.717) is 5.92 Å². The van der Waals surface area contributed by atoms with Gasteiger partial charge in [0.2, 0.25) is 0 Å². The molecule has 0 saturated heterocycles. The zero-order valence-electron chi connectivity index (χ0n) is 11.3. The molecule has 2 heteroatoms. The van der Waals surface area contributed by atoms with E-state index < -0.39 is 0 Å². The molecule has 0 aliphatic heterocycles. The van der Waals surface area contributed by atoms with E-state index in [1.54, 1.807) is 0 Å². The topological polar surface area (TPSA) is 20.3 Å². The molecule has 2 atom stereocenters. The van der Waals surface area contributed by atoms with Crippen LogP contribution in [0.25, 0.3) is 0 Å². The number of nitrogens with zero attached hydrogens (tertiary/aromatic N) is 1. The highest BCUT2D eigenvalue weighted by atomic mass is 16.1. The lowest BCUT2D eigenvalue weighted by Gasteiger charge is -2.30. The highest BCUT2D eigenvalue weighted by Gasteiger charge is 2.25. The van der Waals surface area contributed by atoms with Crippen LogP contribution in [-0.2, 0) is 4.79 Å². The van der Waals surface area contributed by atoms with Gasteiger partial charge in [-0.2, -0.15) is 0 Å². The normalized spacial score (nSPS) is 14.9. The van der Waals surface area contributed by atoms with Gasteiger partial charge in [0.15, 0.2) is 0 Å². The first-order valence-electron chi connectivity index (χ1n) is 6.23. The van der Waals surface area contributed by atoms with Crippen LogP contribution in [0, 0.1) is 11.8 Å². The van der Waals surface area contributed by atoms with Crippen molar-refractivity contribution >= 4 is 6.29 Å². The number of rotatable bonds is 6. The van der Waals surface area contributed by atoms with E-state index in [0.717, 1.165) is 12.7 Å². The first-order chi connectivity index (χ1) is 8.06. The highest BCUT2D eigenvalue weighted by Crippen LogP contribution is 2.29. The molecule has 0 aliphatic rings. The van der Waals surface area contributed by atoms with E-state index in [2.05, 4.69) is 30.9 Å². The van der Waals surface area contributed by atoms with E-state index >= 15 is 0 Å². The highest BCUT2D eigenvalue weighted by molar-refractivity contribution is 5.55. The minimum absolute atomic E-state index is 0.0624. The van der Waals surface area contributed by atoms with E-state index in [9.17, 15) is 4.79 Å². The van der Waals surface area contributed by atoms with Crippen molar-refractivity contribution in [3.05, 3.63) is 35.9 Å². The second-order valence-electron chi connectivity index (χ2n) is 5.25. The summed E-state index contributed by atoms with van der Waals surface area (Å²) < 4.78 is 0. The predicted molar refractivity (Wildman–Crippen MR) is 71.9 cm³/mol. The second kappa shape index (κ2) is 6.55. The molecule has 0 N–H and O–H groups in total. The summed E-state index contributed by atoms with van der Waals surface area (Å²) in [6.07, 6.45) is 2.04. The predicted octanol–water partition coefficient (Wildman–Crippen LogP) is 3.15. The van der Waals surface area contributed by atoms with Crippen molar-refractivity contribution in [3.63, 3.8) is 0 Å². The van der Waals surface area contributed by atoms with Gasteiger partial charge in [0.1, 0.15) is 6.29 Å². The zero-order valence-corrected chi connectivity index (χ0v) is 11.3.